The Balaban J connectivity index is 1.63. The molecular weight excluding hydrogens is 422 g/mol. The minimum absolute atomic E-state index is 0.0336. The third-order valence-electron chi connectivity index (χ3n) is 6.06. The van der Waals surface area contributed by atoms with Crippen molar-refractivity contribution < 1.29 is 19.1 Å². The van der Waals surface area contributed by atoms with E-state index in [1.54, 1.807) is 39.4 Å². The number of amides is 3. The minimum atomic E-state index is -0.442. The van der Waals surface area contributed by atoms with Gasteiger partial charge >= 0.3 is 6.09 Å². The van der Waals surface area contributed by atoms with E-state index >= 15 is 0 Å². The van der Waals surface area contributed by atoms with Gasteiger partial charge in [-0.3, -0.25) is 19.2 Å². The van der Waals surface area contributed by atoms with Gasteiger partial charge in [0.05, 0.1) is 29.7 Å². The number of likely N-dealkylation sites (N-methyl/N-ethyl adjacent to an activating group) is 1. The fourth-order valence-electron chi connectivity index (χ4n) is 4.24. The summed E-state index contributed by atoms with van der Waals surface area (Å²) in [6, 6.07) is 5.80. The molecule has 1 aliphatic carbocycles. The fourth-order valence-corrected chi connectivity index (χ4v) is 4.24. The van der Waals surface area contributed by atoms with E-state index in [2.05, 4.69) is 5.10 Å². The van der Waals surface area contributed by atoms with Crippen LogP contribution in [0.5, 0.6) is 0 Å². The molecular formula is C24H31N5O4. The molecule has 33 heavy (non-hydrogen) atoms. The summed E-state index contributed by atoms with van der Waals surface area (Å²) < 4.78 is 7.09. The fraction of sp³-hybridized carbons (Fsp3) is 0.500. The van der Waals surface area contributed by atoms with Gasteiger partial charge in [0.2, 0.25) is 11.8 Å². The third kappa shape index (κ3) is 4.72. The molecule has 1 saturated carbocycles. The van der Waals surface area contributed by atoms with Crippen LogP contribution in [-0.2, 0) is 20.9 Å². The van der Waals surface area contributed by atoms with Gasteiger partial charge in [0.15, 0.2) is 0 Å². The van der Waals surface area contributed by atoms with Crippen molar-refractivity contribution in [3.8, 4) is 11.1 Å². The van der Waals surface area contributed by atoms with Crippen LogP contribution in [0.3, 0.4) is 0 Å². The molecule has 0 bridgehead atoms. The number of fused-ring (bicyclic) bond motifs is 1. The molecule has 1 aromatic heterocycles. The quantitative estimate of drug-likeness (QED) is 0.693. The highest BCUT2D eigenvalue weighted by Gasteiger charge is 2.35. The van der Waals surface area contributed by atoms with Crippen LogP contribution in [0, 0.1) is 0 Å². The van der Waals surface area contributed by atoms with Gasteiger partial charge in [-0.15, -0.1) is 0 Å². The van der Waals surface area contributed by atoms with E-state index in [9.17, 15) is 14.4 Å². The molecule has 1 fully saturated rings. The molecule has 1 atom stereocenters. The maximum Gasteiger partial charge on any atom is 0.414 e. The Morgan fingerprint density at radius 2 is 1.91 bits per heavy atom. The first-order valence-electron chi connectivity index (χ1n) is 11.4. The lowest BCUT2D eigenvalue weighted by molar-refractivity contribution is -0.131. The highest BCUT2D eigenvalue weighted by Crippen LogP contribution is 2.39. The van der Waals surface area contributed by atoms with Gasteiger partial charge in [0, 0.05) is 38.3 Å². The van der Waals surface area contributed by atoms with Crippen molar-refractivity contribution in [2.45, 2.75) is 65.3 Å². The zero-order valence-corrected chi connectivity index (χ0v) is 19.8. The summed E-state index contributed by atoms with van der Waals surface area (Å²) in [6.07, 6.45) is 4.96. The molecule has 0 radical (unpaired) electrons. The van der Waals surface area contributed by atoms with Gasteiger partial charge in [-0.25, -0.2) is 4.79 Å². The first-order chi connectivity index (χ1) is 15.7. The van der Waals surface area contributed by atoms with Crippen LogP contribution in [0.2, 0.25) is 0 Å². The molecule has 0 saturated heterocycles. The highest BCUT2D eigenvalue weighted by atomic mass is 16.6. The Labute approximate surface area is 193 Å². The first kappa shape index (κ1) is 22.8. The zero-order valence-electron chi connectivity index (χ0n) is 19.8. The Hall–Kier alpha value is -3.36. The van der Waals surface area contributed by atoms with E-state index in [-0.39, 0.29) is 30.5 Å². The number of carbonyl (C=O) groups excluding carboxylic acids is 3. The number of rotatable bonds is 5. The third-order valence-corrected chi connectivity index (χ3v) is 6.06. The SMILES string of the molecule is CC(=O)N1c2ccc(-c3cnn(CC(=O)N(C)C4CC4)c3)cc2N(C(=O)OC(C)C)C[C@@H]1C. The normalized spacial score (nSPS) is 17.7. The van der Waals surface area contributed by atoms with E-state index in [0.717, 1.165) is 24.0 Å². The Morgan fingerprint density at radius 3 is 2.55 bits per heavy atom. The molecule has 9 heteroatoms. The summed E-state index contributed by atoms with van der Waals surface area (Å²) in [6.45, 7) is 7.56. The maximum absolute atomic E-state index is 12.8. The summed E-state index contributed by atoms with van der Waals surface area (Å²) in [5, 5.41) is 4.35. The van der Waals surface area contributed by atoms with E-state index < -0.39 is 6.09 Å². The van der Waals surface area contributed by atoms with Crippen LogP contribution in [-0.4, -0.2) is 64.4 Å². The standard InChI is InChI=1S/C24H31N5O4/c1-15(2)33-24(32)28-12-16(3)29(17(4)30)21-9-6-18(10-22(21)28)19-11-25-27(13-19)14-23(31)26(5)20-7-8-20/h6,9-11,13,15-16,20H,7-8,12,14H2,1-5H3/t16-/m0/s1. The minimum Gasteiger partial charge on any atom is -0.446 e. The van der Waals surface area contributed by atoms with Crippen molar-refractivity contribution in [1.29, 1.82) is 0 Å². The van der Waals surface area contributed by atoms with Crippen molar-refractivity contribution in [3.05, 3.63) is 30.6 Å². The van der Waals surface area contributed by atoms with Crippen molar-refractivity contribution in [3.63, 3.8) is 0 Å². The Bertz CT molecular complexity index is 1070. The number of hydrogen-bond donors (Lipinski definition) is 0. The van der Waals surface area contributed by atoms with Gasteiger partial charge in [-0.2, -0.15) is 5.10 Å². The van der Waals surface area contributed by atoms with Crippen LogP contribution >= 0.6 is 0 Å². The summed E-state index contributed by atoms with van der Waals surface area (Å²) in [7, 11) is 1.83. The van der Waals surface area contributed by atoms with E-state index in [1.807, 2.05) is 38.4 Å². The maximum atomic E-state index is 12.8. The number of hydrogen-bond acceptors (Lipinski definition) is 5. The van der Waals surface area contributed by atoms with Crippen LogP contribution in [0.15, 0.2) is 30.6 Å². The molecule has 3 amide bonds. The lowest BCUT2D eigenvalue weighted by Crippen LogP contribution is -2.51. The number of carbonyl (C=O) groups is 3. The molecule has 4 rings (SSSR count). The Kier molecular flexibility index (Phi) is 6.14. The molecule has 0 unspecified atom stereocenters. The number of ether oxygens (including phenoxy) is 1. The number of anilines is 2. The van der Waals surface area contributed by atoms with Crippen molar-refractivity contribution >= 4 is 29.3 Å². The van der Waals surface area contributed by atoms with Gasteiger partial charge in [-0.1, -0.05) is 6.07 Å². The molecule has 0 N–H and O–H groups in total. The molecule has 9 nitrogen and oxygen atoms in total. The molecule has 2 aromatic rings. The van der Waals surface area contributed by atoms with Gasteiger partial charge in [-0.05, 0) is 51.3 Å². The second-order valence-corrected chi connectivity index (χ2v) is 9.15. The summed E-state index contributed by atoms with van der Waals surface area (Å²) in [4.78, 5) is 42.7. The summed E-state index contributed by atoms with van der Waals surface area (Å²) in [5.74, 6) is -0.0502. The lowest BCUT2D eigenvalue weighted by Gasteiger charge is -2.40. The van der Waals surface area contributed by atoms with Crippen molar-refractivity contribution in [2.24, 2.45) is 0 Å². The van der Waals surface area contributed by atoms with Gasteiger partial charge < -0.3 is 14.5 Å². The van der Waals surface area contributed by atoms with Crippen LogP contribution in [0.25, 0.3) is 11.1 Å². The molecule has 176 valence electrons. The van der Waals surface area contributed by atoms with Crippen LogP contribution in [0.1, 0.15) is 40.5 Å². The van der Waals surface area contributed by atoms with E-state index in [1.165, 1.54) is 6.92 Å². The van der Waals surface area contributed by atoms with Crippen LogP contribution < -0.4 is 9.80 Å². The molecule has 2 aliphatic rings. The number of nitrogens with zero attached hydrogens (tertiary/aromatic N) is 5. The predicted molar refractivity (Wildman–Crippen MR) is 125 cm³/mol. The van der Waals surface area contributed by atoms with E-state index in [0.29, 0.717) is 24.0 Å². The van der Waals surface area contributed by atoms with Crippen molar-refractivity contribution in [2.75, 3.05) is 23.4 Å². The largest absolute Gasteiger partial charge is 0.446 e. The monoisotopic (exact) mass is 453 g/mol. The smallest absolute Gasteiger partial charge is 0.414 e. The van der Waals surface area contributed by atoms with Crippen molar-refractivity contribution in [1.82, 2.24) is 14.7 Å². The average molecular weight is 454 g/mol. The van der Waals surface area contributed by atoms with Gasteiger partial charge in [0.1, 0.15) is 6.54 Å². The summed E-state index contributed by atoms with van der Waals surface area (Å²) in [5.41, 5.74) is 2.94. The molecule has 0 spiro atoms. The lowest BCUT2D eigenvalue weighted by atomic mass is 10.0. The topological polar surface area (TPSA) is 88.0 Å². The number of aromatic nitrogens is 2. The van der Waals surface area contributed by atoms with E-state index in [4.69, 9.17) is 4.74 Å². The first-order valence-corrected chi connectivity index (χ1v) is 11.4. The molecule has 1 aromatic carbocycles. The zero-order chi connectivity index (χ0) is 23.9. The van der Waals surface area contributed by atoms with Gasteiger partial charge in [0.25, 0.3) is 0 Å². The average Bonchev–Trinajstić information content (AvgIpc) is 3.50. The molecule has 1 aliphatic heterocycles. The second-order valence-electron chi connectivity index (χ2n) is 9.15. The molecule has 2 heterocycles. The second kappa shape index (κ2) is 8.88. The highest BCUT2D eigenvalue weighted by molar-refractivity contribution is 6.03. The predicted octanol–water partition coefficient (Wildman–Crippen LogP) is 3.28. The summed E-state index contributed by atoms with van der Waals surface area (Å²) >= 11 is 0. The van der Waals surface area contributed by atoms with Crippen LogP contribution in [0.4, 0.5) is 16.2 Å². The number of benzene rings is 1. The Morgan fingerprint density at radius 1 is 1.18 bits per heavy atom.